The first kappa shape index (κ1) is 15.8. The Morgan fingerprint density at radius 1 is 1.16 bits per heavy atom. The fourth-order valence-electron chi connectivity index (χ4n) is 3.61. The van der Waals surface area contributed by atoms with Crippen molar-refractivity contribution >= 4 is 11.9 Å². The van der Waals surface area contributed by atoms with Crippen molar-refractivity contribution in [3.63, 3.8) is 0 Å². The van der Waals surface area contributed by atoms with Gasteiger partial charge in [-0.05, 0) is 45.0 Å². The Kier molecular flexibility index (Phi) is 3.80. The Morgan fingerprint density at radius 3 is 2.60 bits per heavy atom. The van der Waals surface area contributed by atoms with Gasteiger partial charge in [0.05, 0.1) is 18.4 Å². The molecule has 7 heteroatoms. The molecule has 1 aromatic heterocycles. The predicted molar refractivity (Wildman–Crippen MR) is 92.2 cm³/mol. The van der Waals surface area contributed by atoms with Crippen LogP contribution in [0.25, 0.3) is 5.69 Å². The van der Waals surface area contributed by atoms with Crippen molar-refractivity contribution in [3.8, 4) is 5.69 Å². The number of nitrogens with one attached hydrogen (secondary N) is 2. The van der Waals surface area contributed by atoms with Crippen LogP contribution in [0.1, 0.15) is 24.1 Å². The van der Waals surface area contributed by atoms with Crippen LogP contribution in [0.5, 0.6) is 0 Å². The number of imide groups is 1. The fraction of sp³-hybridized carbons (Fsp3) is 0.389. The van der Waals surface area contributed by atoms with Crippen molar-refractivity contribution < 1.29 is 9.59 Å². The van der Waals surface area contributed by atoms with Crippen LogP contribution in [0.3, 0.4) is 0 Å². The van der Waals surface area contributed by atoms with Gasteiger partial charge < -0.3 is 10.6 Å². The molecule has 0 aliphatic carbocycles. The van der Waals surface area contributed by atoms with Crippen LogP contribution < -0.4 is 10.6 Å². The predicted octanol–water partition coefficient (Wildman–Crippen LogP) is 1.35. The number of urea groups is 1. The summed E-state index contributed by atoms with van der Waals surface area (Å²) in [5.74, 6) is -0.120. The molecular weight excluding hydrogens is 318 g/mol. The number of nitrogens with zero attached hydrogens (tertiary/aromatic N) is 3. The normalized spacial score (nSPS) is 19.5. The molecule has 1 aromatic carbocycles. The highest BCUT2D eigenvalue weighted by Crippen LogP contribution is 2.28. The molecule has 2 saturated heterocycles. The molecule has 3 amide bonds. The van der Waals surface area contributed by atoms with Gasteiger partial charge >= 0.3 is 6.03 Å². The lowest BCUT2D eigenvalue weighted by molar-refractivity contribution is -0.132. The molecule has 2 aromatic rings. The Hall–Kier alpha value is -2.67. The number of carbonyl (C=O) groups is 2. The zero-order chi connectivity index (χ0) is 17.4. The van der Waals surface area contributed by atoms with Crippen molar-refractivity contribution in [2.75, 3.05) is 13.1 Å². The second-order valence-corrected chi connectivity index (χ2v) is 6.66. The number of aromatic nitrogens is 2. The molecule has 25 heavy (non-hydrogen) atoms. The van der Waals surface area contributed by atoms with E-state index in [0.717, 1.165) is 30.0 Å². The number of para-hydroxylation sites is 1. The summed E-state index contributed by atoms with van der Waals surface area (Å²) in [5.41, 5.74) is 2.03. The van der Waals surface area contributed by atoms with Gasteiger partial charge in [-0.15, -0.1) is 0 Å². The highest BCUT2D eigenvalue weighted by atomic mass is 16.2. The quantitative estimate of drug-likeness (QED) is 0.828. The van der Waals surface area contributed by atoms with Crippen LogP contribution >= 0.6 is 0 Å². The molecule has 0 saturated carbocycles. The number of piperidine rings is 1. The summed E-state index contributed by atoms with van der Waals surface area (Å²) in [6, 6.07) is 9.50. The van der Waals surface area contributed by atoms with Crippen LogP contribution in [0, 0.1) is 6.92 Å². The smallest absolute Gasteiger partial charge is 0.323 e. The molecule has 2 fully saturated rings. The van der Waals surface area contributed by atoms with Gasteiger partial charge in [-0.2, -0.15) is 5.10 Å². The topological polar surface area (TPSA) is 79.3 Å². The molecule has 1 spiro atoms. The minimum Gasteiger partial charge on any atom is -0.323 e. The monoisotopic (exact) mass is 339 g/mol. The standard InChI is InChI=1S/C18H21N5O2/c1-13-14(11-20-23(13)15-5-3-2-4-6-15)12-22-16(24)18(21-17(22)25)7-9-19-10-8-18/h2-6,11,19H,7-10,12H2,1H3,(H,21,25). The zero-order valence-corrected chi connectivity index (χ0v) is 14.2. The first-order chi connectivity index (χ1) is 12.1. The lowest BCUT2D eigenvalue weighted by Crippen LogP contribution is -2.53. The van der Waals surface area contributed by atoms with E-state index in [-0.39, 0.29) is 18.5 Å². The molecule has 7 nitrogen and oxygen atoms in total. The Balaban J connectivity index is 1.58. The van der Waals surface area contributed by atoms with Crippen molar-refractivity contribution in [1.29, 1.82) is 0 Å². The van der Waals surface area contributed by atoms with Gasteiger partial charge in [0.2, 0.25) is 0 Å². The number of carbonyl (C=O) groups excluding carboxylic acids is 2. The minimum atomic E-state index is -0.730. The molecule has 2 N–H and O–H groups in total. The van der Waals surface area contributed by atoms with E-state index >= 15 is 0 Å². The minimum absolute atomic E-state index is 0.120. The zero-order valence-electron chi connectivity index (χ0n) is 14.2. The van der Waals surface area contributed by atoms with Crippen LogP contribution in [0.4, 0.5) is 4.79 Å². The summed E-state index contributed by atoms with van der Waals surface area (Å²) >= 11 is 0. The van der Waals surface area contributed by atoms with Gasteiger partial charge in [0, 0.05) is 11.3 Å². The summed E-state index contributed by atoms with van der Waals surface area (Å²) in [7, 11) is 0. The number of amides is 3. The van der Waals surface area contributed by atoms with E-state index in [1.54, 1.807) is 6.20 Å². The summed E-state index contributed by atoms with van der Waals surface area (Å²) in [5, 5.41) is 10.6. The lowest BCUT2D eigenvalue weighted by atomic mass is 9.88. The third-order valence-corrected chi connectivity index (χ3v) is 5.14. The van der Waals surface area contributed by atoms with Gasteiger partial charge in [0.1, 0.15) is 5.54 Å². The molecule has 0 bridgehead atoms. The van der Waals surface area contributed by atoms with Crippen LogP contribution in [-0.4, -0.2) is 45.2 Å². The lowest BCUT2D eigenvalue weighted by Gasteiger charge is -2.31. The molecule has 2 aliphatic rings. The highest BCUT2D eigenvalue weighted by molar-refractivity contribution is 6.07. The molecule has 130 valence electrons. The van der Waals surface area contributed by atoms with Crippen LogP contribution in [0.15, 0.2) is 36.5 Å². The largest absolute Gasteiger partial charge is 0.325 e. The van der Waals surface area contributed by atoms with Crippen molar-refractivity contribution in [2.24, 2.45) is 0 Å². The van der Waals surface area contributed by atoms with Crippen molar-refractivity contribution in [2.45, 2.75) is 31.8 Å². The van der Waals surface area contributed by atoms with Crippen molar-refractivity contribution in [3.05, 3.63) is 47.8 Å². The first-order valence-electron chi connectivity index (χ1n) is 8.54. The molecule has 0 unspecified atom stereocenters. The molecule has 4 rings (SSSR count). The number of rotatable bonds is 3. The summed E-state index contributed by atoms with van der Waals surface area (Å²) < 4.78 is 1.83. The van der Waals surface area contributed by atoms with Gasteiger partial charge in [-0.25, -0.2) is 9.48 Å². The van der Waals surface area contributed by atoms with E-state index in [0.29, 0.717) is 12.8 Å². The summed E-state index contributed by atoms with van der Waals surface area (Å²) in [4.78, 5) is 26.6. The molecule has 2 aliphatic heterocycles. The van der Waals surface area contributed by atoms with Crippen LogP contribution in [-0.2, 0) is 11.3 Å². The maximum atomic E-state index is 12.9. The molecular formula is C18H21N5O2. The first-order valence-corrected chi connectivity index (χ1v) is 8.54. The van der Waals surface area contributed by atoms with E-state index in [4.69, 9.17) is 0 Å². The third kappa shape index (κ3) is 2.60. The van der Waals surface area contributed by atoms with E-state index < -0.39 is 5.54 Å². The fourth-order valence-corrected chi connectivity index (χ4v) is 3.61. The Labute approximate surface area is 146 Å². The van der Waals surface area contributed by atoms with Crippen molar-refractivity contribution in [1.82, 2.24) is 25.3 Å². The molecule has 0 radical (unpaired) electrons. The number of benzene rings is 1. The second kappa shape index (κ2) is 6.00. The van der Waals surface area contributed by atoms with E-state index in [1.807, 2.05) is 41.9 Å². The van der Waals surface area contributed by atoms with Gasteiger partial charge in [-0.3, -0.25) is 9.69 Å². The van der Waals surface area contributed by atoms with Crippen LogP contribution in [0.2, 0.25) is 0 Å². The van der Waals surface area contributed by atoms with Gasteiger partial charge in [0.15, 0.2) is 0 Å². The van der Waals surface area contributed by atoms with E-state index in [1.165, 1.54) is 4.90 Å². The summed E-state index contributed by atoms with van der Waals surface area (Å²) in [6.07, 6.45) is 3.00. The van der Waals surface area contributed by atoms with E-state index in [9.17, 15) is 9.59 Å². The van der Waals surface area contributed by atoms with E-state index in [2.05, 4.69) is 15.7 Å². The molecule has 3 heterocycles. The van der Waals surface area contributed by atoms with Gasteiger partial charge in [-0.1, -0.05) is 18.2 Å². The Morgan fingerprint density at radius 2 is 1.88 bits per heavy atom. The highest BCUT2D eigenvalue weighted by Gasteiger charge is 2.51. The SMILES string of the molecule is Cc1c(CN2C(=O)NC3(CCNCC3)C2=O)cnn1-c1ccccc1. The second-order valence-electron chi connectivity index (χ2n) is 6.66. The average molecular weight is 339 g/mol. The number of hydrogen-bond acceptors (Lipinski definition) is 4. The third-order valence-electron chi connectivity index (χ3n) is 5.14. The maximum absolute atomic E-state index is 12.9. The maximum Gasteiger partial charge on any atom is 0.325 e. The Bertz CT molecular complexity index is 808. The number of hydrogen-bond donors (Lipinski definition) is 2. The molecule has 0 atom stereocenters. The summed E-state index contributed by atoms with van der Waals surface area (Å²) in [6.45, 7) is 3.68. The van der Waals surface area contributed by atoms with Gasteiger partial charge in [0.25, 0.3) is 5.91 Å². The average Bonchev–Trinajstić information content (AvgIpc) is 3.10.